The Kier molecular flexibility index (Phi) is 2.30. The van der Waals surface area contributed by atoms with E-state index in [2.05, 4.69) is 39.8 Å². The van der Waals surface area contributed by atoms with Crippen LogP contribution in [0.2, 0.25) is 0 Å². The largest absolute Gasteiger partial charge is 0.207 e. The molecule has 0 amide bonds. The highest BCUT2D eigenvalue weighted by Gasteiger charge is 2.42. The van der Waals surface area contributed by atoms with Crippen molar-refractivity contribution in [2.45, 2.75) is 52.4 Å². The molecule has 0 nitrogen and oxygen atoms in total. The first-order valence-electron chi connectivity index (χ1n) is 6.84. The Morgan fingerprint density at radius 1 is 1.17 bits per heavy atom. The molecule has 0 bridgehead atoms. The van der Waals surface area contributed by atoms with Crippen LogP contribution in [0.4, 0.5) is 4.39 Å². The SMILES string of the molecule is CC1(C2=Cc3cc(C(C)(C)C)c(F)cc3C2)CC1. The Bertz CT molecular complexity index is 539. The van der Waals surface area contributed by atoms with E-state index in [-0.39, 0.29) is 11.2 Å². The molecule has 0 unspecified atom stereocenters. The van der Waals surface area contributed by atoms with E-state index >= 15 is 0 Å². The normalized spacial score (nSPS) is 20.6. The fraction of sp³-hybridized carbons (Fsp3) is 0.529. The molecule has 1 saturated carbocycles. The quantitative estimate of drug-likeness (QED) is 0.661. The Morgan fingerprint density at radius 2 is 1.83 bits per heavy atom. The van der Waals surface area contributed by atoms with Gasteiger partial charge in [0, 0.05) is 0 Å². The number of hydrogen-bond acceptors (Lipinski definition) is 0. The van der Waals surface area contributed by atoms with Crippen LogP contribution >= 0.6 is 0 Å². The molecule has 0 aromatic heterocycles. The molecule has 0 aliphatic heterocycles. The number of fused-ring (bicyclic) bond motifs is 1. The zero-order valence-corrected chi connectivity index (χ0v) is 11.7. The summed E-state index contributed by atoms with van der Waals surface area (Å²) in [6.45, 7) is 8.53. The summed E-state index contributed by atoms with van der Waals surface area (Å²) in [4.78, 5) is 0. The predicted octanol–water partition coefficient (Wildman–Crippen LogP) is 4.86. The zero-order valence-electron chi connectivity index (χ0n) is 11.7. The van der Waals surface area contributed by atoms with Gasteiger partial charge in [-0.1, -0.05) is 39.3 Å². The minimum absolute atomic E-state index is 0.0446. The molecule has 2 aliphatic rings. The van der Waals surface area contributed by atoms with Crippen LogP contribution in [0.3, 0.4) is 0 Å². The van der Waals surface area contributed by atoms with Crippen molar-refractivity contribution in [3.05, 3.63) is 40.2 Å². The molecule has 18 heavy (non-hydrogen) atoms. The van der Waals surface area contributed by atoms with Gasteiger partial charge in [-0.3, -0.25) is 0 Å². The lowest BCUT2D eigenvalue weighted by atomic mass is 9.85. The molecule has 0 N–H and O–H groups in total. The van der Waals surface area contributed by atoms with E-state index in [0.717, 1.165) is 12.0 Å². The van der Waals surface area contributed by atoms with Gasteiger partial charge in [-0.25, -0.2) is 4.39 Å². The number of halogens is 1. The second kappa shape index (κ2) is 3.46. The number of rotatable bonds is 1. The van der Waals surface area contributed by atoms with Crippen molar-refractivity contribution in [1.29, 1.82) is 0 Å². The van der Waals surface area contributed by atoms with Gasteiger partial charge in [-0.15, -0.1) is 0 Å². The zero-order chi connectivity index (χ0) is 13.1. The first-order valence-corrected chi connectivity index (χ1v) is 6.84. The minimum Gasteiger partial charge on any atom is -0.207 e. The fourth-order valence-electron chi connectivity index (χ4n) is 2.83. The van der Waals surface area contributed by atoms with Gasteiger partial charge < -0.3 is 0 Å². The van der Waals surface area contributed by atoms with Crippen LogP contribution in [0, 0.1) is 11.2 Å². The van der Waals surface area contributed by atoms with Crippen molar-refractivity contribution in [2.24, 2.45) is 5.41 Å². The van der Waals surface area contributed by atoms with Gasteiger partial charge in [0.15, 0.2) is 0 Å². The molecule has 1 heteroatoms. The van der Waals surface area contributed by atoms with Crippen molar-refractivity contribution in [1.82, 2.24) is 0 Å². The lowest BCUT2D eigenvalue weighted by Crippen LogP contribution is -2.14. The van der Waals surface area contributed by atoms with Crippen molar-refractivity contribution in [3.8, 4) is 0 Å². The summed E-state index contributed by atoms with van der Waals surface area (Å²) in [5, 5.41) is 0. The second-order valence-corrected chi connectivity index (χ2v) is 7.19. The molecular formula is C17H21F. The molecular weight excluding hydrogens is 223 g/mol. The molecule has 1 aromatic rings. The Labute approximate surface area is 109 Å². The summed E-state index contributed by atoms with van der Waals surface area (Å²) in [7, 11) is 0. The Balaban J connectivity index is 2.03. The Morgan fingerprint density at radius 3 is 2.39 bits per heavy atom. The molecule has 96 valence electrons. The van der Waals surface area contributed by atoms with E-state index in [1.807, 2.05) is 0 Å². The summed E-state index contributed by atoms with van der Waals surface area (Å²) in [5.41, 5.74) is 5.03. The van der Waals surface area contributed by atoms with E-state index < -0.39 is 0 Å². The van der Waals surface area contributed by atoms with Gasteiger partial charge in [0.25, 0.3) is 0 Å². The third kappa shape index (κ3) is 1.81. The average Bonchev–Trinajstić information content (AvgIpc) is 2.86. The third-order valence-electron chi connectivity index (χ3n) is 4.52. The molecule has 0 saturated heterocycles. The van der Waals surface area contributed by atoms with Gasteiger partial charge in [0.05, 0.1) is 0 Å². The highest BCUT2D eigenvalue weighted by Crippen LogP contribution is 2.54. The molecule has 2 aliphatic carbocycles. The molecule has 0 spiro atoms. The topological polar surface area (TPSA) is 0 Å². The van der Waals surface area contributed by atoms with Crippen molar-refractivity contribution in [3.63, 3.8) is 0 Å². The molecule has 0 atom stereocenters. The molecule has 0 radical (unpaired) electrons. The molecule has 1 aromatic carbocycles. The van der Waals surface area contributed by atoms with Gasteiger partial charge in [-0.05, 0) is 58.9 Å². The summed E-state index contributed by atoms with van der Waals surface area (Å²) in [6.07, 6.45) is 5.84. The lowest BCUT2D eigenvalue weighted by Gasteiger charge is -2.20. The summed E-state index contributed by atoms with van der Waals surface area (Å²) in [5.74, 6) is -0.0446. The smallest absolute Gasteiger partial charge is 0.127 e. The lowest BCUT2D eigenvalue weighted by molar-refractivity contribution is 0.522. The second-order valence-electron chi connectivity index (χ2n) is 7.19. The Hall–Kier alpha value is -1.11. The first kappa shape index (κ1) is 12.0. The monoisotopic (exact) mass is 244 g/mol. The molecule has 0 heterocycles. The van der Waals surface area contributed by atoms with E-state index in [0.29, 0.717) is 5.41 Å². The van der Waals surface area contributed by atoms with Crippen LogP contribution in [-0.4, -0.2) is 0 Å². The van der Waals surface area contributed by atoms with E-state index in [4.69, 9.17) is 0 Å². The van der Waals surface area contributed by atoms with Crippen LogP contribution in [0.1, 0.15) is 57.2 Å². The van der Waals surface area contributed by atoms with Crippen LogP contribution in [-0.2, 0) is 11.8 Å². The van der Waals surface area contributed by atoms with Gasteiger partial charge in [0.2, 0.25) is 0 Å². The maximum Gasteiger partial charge on any atom is 0.127 e. The van der Waals surface area contributed by atoms with E-state index in [9.17, 15) is 4.39 Å². The first-order chi connectivity index (χ1) is 8.29. The highest BCUT2D eigenvalue weighted by atomic mass is 19.1. The van der Waals surface area contributed by atoms with Crippen molar-refractivity contribution < 1.29 is 4.39 Å². The van der Waals surface area contributed by atoms with Crippen molar-refractivity contribution >= 4 is 6.08 Å². The van der Waals surface area contributed by atoms with Crippen LogP contribution in [0.25, 0.3) is 6.08 Å². The molecule has 1 fully saturated rings. The average molecular weight is 244 g/mol. The van der Waals surface area contributed by atoms with Crippen LogP contribution < -0.4 is 0 Å². The predicted molar refractivity (Wildman–Crippen MR) is 74.1 cm³/mol. The van der Waals surface area contributed by atoms with Crippen LogP contribution in [0.15, 0.2) is 17.7 Å². The maximum absolute atomic E-state index is 14.2. The third-order valence-corrected chi connectivity index (χ3v) is 4.52. The number of benzene rings is 1. The summed E-state index contributed by atoms with van der Waals surface area (Å²) in [6, 6.07) is 3.81. The van der Waals surface area contributed by atoms with Crippen molar-refractivity contribution in [2.75, 3.05) is 0 Å². The number of allylic oxidation sites excluding steroid dienone is 1. The molecule has 3 rings (SSSR count). The standard InChI is InChI=1S/C17H21F/c1-16(2,3)14-9-11-7-13(17(4)5-6-17)8-12(11)10-15(14)18/h7,9-10H,5-6,8H2,1-4H3. The van der Waals surface area contributed by atoms with Gasteiger partial charge in [-0.2, -0.15) is 0 Å². The van der Waals surface area contributed by atoms with Crippen LogP contribution in [0.5, 0.6) is 0 Å². The highest BCUT2D eigenvalue weighted by molar-refractivity contribution is 5.67. The summed E-state index contributed by atoms with van der Waals surface area (Å²) >= 11 is 0. The fourth-order valence-corrected chi connectivity index (χ4v) is 2.83. The van der Waals surface area contributed by atoms with E-state index in [1.54, 1.807) is 6.07 Å². The maximum atomic E-state index is 14.2. The van der Waals surface area contributed by atoms with Gasteiger partial charge >= 0.3 is 0 Å². The van der Waals surface area contributed by atoms with E-state index in [1.165, 1.54) is 29.5 Å². The summed E-state index contributed by atoms with van der Waals surface area (Å²) < 4.78 is 14.2. The minimum atomic E-state index is -0.126. The number of hydrogen-bond donors (Lipinski definition) is 0. The van der Waals surface area contributed by atoms with Gasteiger partial charge in [0.1, 0.15) is 5.82 Å².